The first kappa shape index (κ1) is 22.6. The van der Waals surface area contributed by atoms with Crippen molar-refractivity contribution in [3.63, 3.8) is 0 Å². The molecule has 0 aliphatic heterocycles. The molecule has 11 heteroatoms. The molecule has 0 bridgehead atoms. The Kier molecular flexibility index (Phi) is 5.33. The predicted molar refractivity (Wildman–Crippen MR) is 125 cm³/mol. The van der Waals surface area contributed by atoms with Gasteiger partial charge < -0.3 is 15.4 Å². The minimum atomic E-state index is -0.890. The lowest BCUT2D eigenvalue weighted by Gasteiger charge is -2.26. The third-order valence-electron chi connectivity index (χ3n) is 6.22. The number of pyridine rings is 1. The summed E-state index contributed by atoms with van der Waals surface area (Å²) in [6, 6.07) is 5.79. The van der Waals surface area contributed by atoms with Crippen LogP contribution >= 0.6 is 0 Å². The topological polar surface area (TPSA) is 165 Å². The van der Waals surface area contributed by atoms with Gasteiger partial charge in [-0.3, -0.25) is 9.67 Å². The largest absolute Gasteiger partial charge is 0.389 e. The zero-order valence-electron chi connectivity index (χ0n) is 19.7. The molecule has 3 N–H and O–H groups in total. The van der Waals surface area contributed by atoms with Crippen molar-refractivity contribution in [2.45, 2.75) is 51.2 Å². The zero-order chi connectivity index (χ0) is 24.8. The van der Waals surface area contributed by atoms with Crippen LogP contribution in [0.15, 0.2) is 41.4 Å². The van der Waals surface area contributed by atoms with Gasteiger partial charge in [0.2, 0.25) is 0 Å². The van der Waals surface area contributed by atoms with Gasteiger partial charge in [0.25, 0.3) is 5.89 Å². The van der Waals surface area contributed by atoms with Gasteiger partial charge in [-0.15, -0.1) is 0 Å². The average Bonchev–Trinajstić information content (AvgIpc) is 3.39. The third-order valence-corrected chi connectivity index (χ3v) is 6.22. The minimum Gasteiger partial charge on any atom is -0.389 e. The number of aromatic nitrogens is 7. The first-order chi connectivity index (χ1) is 16.7. The molecule has 0 saturated heterocycles. The SMILES string of the molecule is CC(C)(O)Cn1cc(-c2nc([C@@](C)(c3ccc(-c4ncc(N)nc4C#N)nc3)C3CC3)no2)cn1. The number of hydrogen-bond acceptors (Lipinski definition) is 10. The molecule has 178 valence electrons. The van der Waals surface area contributed by atoms with E-state index in [1.807, 2.05) is 18.2 Å². The second-order valence-electron chi connectivity index (χ2n) is 9.67. The Morgan fingerprint density at radius 1 is 1.17 bits per heavy atom. The van der Waals surface area contributed by atoms with Crippen molar-refractivity contribution in [3.05, 3.63) is 54.0 Å². The molecule has 1 atom stereocenters. The predicted octanol–water partition coefficient (Wildman–Crippen LogP) is 2.73. The van der Waals surface area contributed by atoms with Crippen LogP contribution in [0.25, 0.3) is 22.8 Å². The Bertz CT molecular complexity index is 1410. The molecular weight excluding hydrogens is 446 g/mol. The Labute approximate surface area is 201 Å². The van der Waals surface area contributed by atoms with E-state index in [4.69, 9.17) is 15.2 Å². The highest BCUT2D eigenvalue weighted by molar-refractivity contribution is 5.62. The highest BCUT2D eigenvalue weighted by Gasteiger charge is 2.47. The standard InChI is InChI=1S/C24H25N9O2/c1-23(2,34)13-33-12-14(9-29-33)21-31-22(32-35-21)24(3,15-4-5-15)16-6-7-17(27-10-16)20-18(8-25)30-19(26)11-28-20/h6-7,9-12,15,34H,4-5,13H2,1-3H3,(H2,26,30)/t24-/m1/s1. The van der Waals surface area contributed by atoms with Gasteiger partial charge in [-0.05, 0) is 51.2 Å². The van der Waals surface area contributed by atoms with Gasteiger partial charge >= 0.3 is 0 Å². The van der Waals surface area contributed by atoms with Crippen LogP contribution in [0.4, 0.5) is 5.82 Å². The van der Waals surface area contributed by atoms with E-state index in [1.165, 1.54) is 6.20 Å². The van der Waals surface area contributed by atoms with Crippen molar-refractivity contribution < 1.29 is 9.63 Å². The van der Waals surface area contributed by atoms with E-state index in [1.54, 1.807) is 37.1 Å². The van der Waals surface area contributed by atoms with Crippen LogP contribution in [0.5, 0.6) is 0 Å². The molecule has 1 aliphatic rings. The second kappa shape index (κ2) is 8.25. The zero-order valence-corrected chi connectivity index (χ0v) is 19.7. The number of rotatable bonds is 7. The third kappa shape index (κ3) is 4.36. The molecule has 11 nitrogen and oxygen atoms in total. The smallest absolute Gasteiger partial charge is 0.261 e. The summed E-state index contributed by atoms with van der Waals surface area (Å²) in [4.78, 5) is 17.6. The van der Waals surface area contributed by atoms with Gasteiger partial charge in [-0.1, -0.05) is 11.2 Å². The van der Waals surface area contributed by atoms with E-state index in [-0.39, 0.29) is 11.5 Å². The summed E-state index contributed by atoms with van der Waals surface area (Å²) in [6.07, 6.45) is 8.70. The van der Waals surface area contributed by atoms with Crippen molar-refractivity contribution in [2.75, 3.05) is 5.73 Å². The quantitative estimate of drug-likeness (QED) is 0.409. The highest BCUT2D eigenvalue weighted by atomic mass is 16.5. The van der Waals surface area contributed by atoms with Crippen LogP contribution in [0.3, 0.4) is 0 Å². The maximum absolute atomic E-state index is 10.0. The van der Waals surface area contributed by atoms with Crippen molar-refractivity contribution in [3.8, 4) is 28.9 Å². The molecule has 0 radical (unpaired) electrons. The number of hydrogen-bond donors (Lipinski definition) is 2. The van der Waals surface area contributed by atoms with Crippen LogP contribution < -0.4 is 5.73 Å². The summed E-state index contributed by atoms with van der Waals surface area (Å²) in [7, 11) is 0. The minimum absolute atomic E-state index is 0.128. The fourth-order valence-corrected chi connectivity index (χ4v) is 4.23. The van der Waals surface area contributed by atoms with Crippen LogP contribution in [-0.2, 0) is 12.0 Å². The average molecular weight is 472 g/mol. The Balaban J connectivity index is 1.46. The van der Waals surface area contributed by atoms with Crippen molar-refractivity contribution in [1.29, 1.82) is 5.26 Å². The summed E-state index contributed by atoms with van der Waals surface area (Å²) in [5, 5.41) is 28.0. The summed E-state index contributed by atoms with van der Waals surface area (Å²) >= 11 is 0. The second-order valence-corrected chi connectivity index (χ2v) is 9.67. The maximum atomic E-state index is 10.0. The van der Waals surface area contributed by atoms with E-state index in [9.17, 15) is 10.4 Å². The van der Waals surface area contributed by atoms with Crippen LogP contribution in [-0.4, -0.2) is 45.6 Å². The Morgan fingerprint density at radius 3 is 2.63 bits per heavy atom. The van der Waals surface area contributed by atoms with Gasteiger partial charge in [0, 0.05) is 12.4 Å². The Hall–Kier alpha value is -4.17. The van der Waals surface area contributed by atoms with Crippen molar-refractivity contribution in [2.24, 2.45) is 5.92 Å². The lowest BCUT2D eigenvalue weighted by molar-refractivity contribution is 0.0577. The Morgan fingerprint density at radius 2 is 1.97 bits per heavy atom. The molecule has 0 aromatic carbocycles. The number of aliphatic hydroxyl groups is 1. The molecule has 4 heterocycles. The molecule has 5 rings (SSSR count). The number of anilines is 1. The van der Waals surface area contributed by atoms with Crippen LogP contribution in [0.2, 0.25) is 0 Å². The normalized spacial score (nSPS) is 15.5. The first-order valence-corrected chi connectivity index (χ1v) is 11.3. The maximum Gasteiger partial charge on any atom is 0.261 e. The lowest BCUT2D eigenvalue weighted by atomic mass is 9.77. The number of nitriles is 1. The molecule has 0 unspecified atom stereocenters. The monoisotopic (exact) mass is 471 g/mol. The molecular formula is C24H25N9O2. The van der Waals surface area contributed by atoms with Crippen LogP contribution in [0, 0.1) is 17.2 Å². The molecule has 4 aromatic rings. The highest BCUT2D eigenvalue weighted by Crippen LogP contribution is 2.50. The van der Waals surface area contributed by atoms with Crippen molar-refractivity contribution >= 4 is 5.82 Å². The fourth-order valence-electron chi connectivity index (χ4n) is 4.23. The van der Waals surface area contributed by atoms with Crippen LogP contribution in [0.1, 0.15) is 50.7 Å². The number of nitrogen functional groups attached to an aromatic ring is 1. The molecule has 1 fully saturated rings. The van der Waals surface area contributed by atoms with E-state index < -0.39 is 11.0 Å². The van der Waals surface area contributed by atoms with E-state index in [2.05, 4.69) is 32.1 Å². The van der Waals surface area contributed by atoms with E-state index >= 15 is 0 Å². The van der Waals surface area contributed by atoms with E-state index in [0.717, 1.165) is 18.4 Å². The fraction of sp³-hybridized carbons (Fsp3) is 0.375. The van der Waals surface area contributed by atoms with Gasteiger partial charge in [-0.2, -0.15) is 15.3 Å². The lowest BCUT2D eigenvalue weighted by Crippen LogP contribution is -2.28. The van der Waals surface area contributed by atoms with Gasteiger partial charge in [-0.25, -0.2) is 9.97 Å². The number of nitrogens with two attached hydrogens (primary N) is 1. The summed E-state index contributed by atoms with van der Waals surface area (Å²) < 4.78 is 7.26. The van der Waals surface area contributed by atoms with E-state index in [0.29, 0.717) is 41.1 Å². The van der Waals surface area contributed by atoms with Gasteiger partial charge in [0.05, 0.1) is 41.2 Å². The molecule has 1 saturated carbocycles. The van der Waals surface area contributed by atoms with Gasteiger partial charge in [0.15, 0.2) is 11.5 Å². The molecule has 0 amide bonds. The summed E-state index contributed by atoms with van der Waals surface area (Å²) in [5.41, 5.74) is 6.93. The molecule has 4 aromatic heterocycles. The first-order valence-electron chi connectivity index (χ1n) is 11.3. The number of nitrogens with zero attached hydrogens (tertiary/aromatic N) is 8. The molecule has 1 aliphatic carbocycles. The van der Waals surface area contributed by atoms with Crippen molar-refractivity contribution in [1.82, 2.24) is 34.9 Å². The molecule has 0 spiro atoms. The summed E-state index contributed by atoms with van der Waals surface area (Å²) in [5.74, 6) is 1.48. The summed E-state index contributed by atoms with van der Waals surface area (Å²) in [6.45, 7) is 5.89. The van der Waals surface area contributed by atoms with Gasteiger partial charge in [0.1, 0.15) is 17.6 Å². The molecule has 35 heavy (non-hydrogen) atoms.